The standard InChI is InChI=1S/C11H20ClNO/c1-9-4-3-5-11(14,6-9)8-13-7-10(2)12/h9,13-14H,2-8H2,1H3. The van der Waals surface area contributed by atoms with Crippen molar-refractivity contribution in [3.8, 4) is 0 Å². The molecule has 2 nitrogen and oxygen atoms in total. The third-order valence-electron chi connectivity index (χ3n) is 2.84. The maximum Gasteiger partial charge on any atom is 0.0774 e. The molecule has 2 unspecified atom stereocenters. The van der Waals surface area contributed by atoms with Crippen molar-refractivity contribution in [3.05, 3.63) is 11.6 Å². The summed E-state index contributed by atoms with van der Waals surface area (Å²) in [4.78, 5) is 0. The highest BCUT2D eigenvalue weighted by Gasteiger charge is 2.31. The molecule has 0 aromatic heterocycles. The van der Waals surface area contributed by atoms with Crippen molar-refractivity contribution in [2.24, 2.45) is 5.92 Å². The van der Waals surface area contributed by atoms with Crippen LogP contribution in [0.25, 0.3) is 0 Å². The van der Waals surface area contributed by atoms with Crippen LogP contribution in [0.5, 0.6) is 0 Å². The van der Waals surface area contributed by atoms with Crippen molar-refractivity contribution in [1.29, 1.82) is 0 Å². The van der Waals surface area contributed by atoms with Gasteiger partial charge in [0.05, 0.1) is 5.60 Å². The quantitative estimate of drug-likeness (QED) is 0.758. The summed E-state index contributed by atoms with van der Waals surface area (Å²) in [6.45, 7) is 7.01. The molecule has 14 heavy (non-hydrogen) atoms. The van der Waals surface area contributed by atoms with E-state index >= 15 is 0 Å². The Morgan fingerprint density at radius 3 is 3.00 bits per heavy atom. The second kappa shape index (κ2) is 5.15. The Labute approximate surface area is 91.3 Å². The molecule has 0 amide bonds. The Balaban J connectivity index is 2.29. The van der Waals surface area contributed by atoms with E-state index < -0.39 is 5.60 Å². The van der Waals surface area contributed by atoms with Crippen LogP contribution in [-0.2, 0) is 0 Å². The minimum atomic E-state index is -0.524. The minimum absolute atomic E-state index is 0.524. The van der Waals surface area contributed by atoms with Crippen LogP contribution < -0.4 is 5.32 Å². The van der Waals surface area contributed by atoms with E-state index in [1.165, 1.54) is 6.42 Å². The first-order valence-corrected chi connectivity index (χ1v) is 5.66. The largest absolute Gasteiger partial charge is 0.389 e. The number of rotatable bonds is 4. The first-order valence-electron chi connectivity index (χ1n) is 5.28. The van der Waals surface area contributed by atoms with Crippen LogP contribution in [0.2, 0.25) is 0 Å². The lowest BCUT2D eigenvalue weighted by Gasteiger charge is -2.35. The molecule has 1 saturated carbocycles. The number of aliphatic hydroxyl groups is 1. The van der Waals surface area contributed by atoms with Crippen LogP contribution in [0.3, 0.4) is 0 Å². The number of halogens is 1. The van der Waals surface area contributed by atoms with Gasteiger partial charge in [-0.1, -0.05) is 37.9 Å². The van der Waals surface area contributed by atoms with Gasteiger partial charge in [-0.15, -0.1) is 0 Å². The zero-order chi connectivity index (χ0) is 10.6. The molecule has 1 aliphatic rings. The summed E-state index contributed by atoms with van der Waals surface area (Å²) in [5, 5.41) is 13.9. The zero-order valence-corrected chi connectivity index (χ0v) is 9.61. The zero-order valence-electron chi connectivity index (χ0n) is 8.85. The van der Waals surface area contributed by atoms with Gasteiger partial charge in [-0.05, 0) is 18.8 Å². The van der Waals surface area contributed by atoms with Gasteiger partial charge in [-0.25, -0.2) is 0 Å². The molecule has 82 valence electrons. The molecule has 2 atom stereocenters. The van der Waals surface area contributed by atoms with E-state index in [4.69, 9.17) is 11.6 Å². The van der Waals surface area contributed by atoms with Gasteiger partial charge in [-0.2, -0.15) is 0 Å². The Morgan fingerprint density at radius 2 is 2.43 bits per heavy atom. The molecule has 0 aromatic rings. The molecule has 1 rings (SSSR count). The van der Waals surface area contributed by atoms with E-state index in [9.17, 15) is 5.11 Å². The fourth-order valence-corrected chi connectivity index (χ4v) is 2.32. The molecule has 0 spiro atoms. The summed E-state index contributed by atoms with van der Waals surface area (Å²) in [5.41, 5.74) is -0.524. The van der Waals surface area contributed by atoms with E-state index in [-0.39, 0.29) is 0 Å². The molecule has 1 aliphatic carbocycles. The maximum atomic E-state index is 10.2. The molecule has 0 aromatic carbocycles. The number of hydrogen-bond acceptors (Lipinski definition) is 2. The third kappa shape index (κ3) is 3.99. The van der Waals surface area contributed by atoms with Crippen molar-refractivity contribution in [1.82, 2.24) is 5.32 Å². The Kier molecular flexibility index (Phi) is 4.42. The SMILES string of the molecule is C=C(Cl)CNCC1(O)CCCC(C)C1. The minimum Gasteiger partial charge on any atom is -0.389 e. The summed E-state index contributed by atoms with van der Waals surface area (Å²) in [7, 11) is 0. The second-order valence-electron chi connectivity index (χ2n) is 4.55. The van der Waals surface area contributed by atoms with Crippen molar-refractivity contribution >= 4 is 11.6 Å². The van der Waals surface area contributed by atoms with Gasteiger partial charge >= 0.3 is 0 Å². The van der Waals surface area contributed by atoms with Gasteiger partial charge in [0.25, 0.3) is 0 Å². The molecular weight excluding hydrogens is 198 g/mol. The van der Waals surface area contributed by atoms with Crippen molar-refractivity contribution in [2.45, 2.75) is 38.2 Å². The highest BCUT2D eigenvalue weighted by molar-refractivity contribution is 6.29. The lowest BCUT2D eigenvalue weighted by atomic mass is 9.79. The van der Waals surface area contributed by atoms with E-state index in [2.05, 4.69) is 18.8 Å². The molecule has 0 saturated heterocycles. The van der Waals surface area contributed by atoms with Gasteiger partial charge < -0.3 is 10.4 Å². The van der Waals surface area contributed by atoms with Crippen LogP contribution in [-0.4, -0.2) is 23.8 Å². The van der Waals surface area contributed by atoms with E-state index in [1.54, 1.807) is 0 Å². The Morgan fingerprint density at radius 1 is 1.71 bits per heavy atom. The molecular formula is C11H20ClNO. The summed E-state index contributed by atoms with van der Waals surface area (Å²) in [5.74, 6) is 0.634. The monoisotopic (exact) mass is 217 g/mol. The van der Waals surface area contributed by atoms with Crippen molar-refractivity contribution in [2.75, 3.05) is 13.1 Å². The first kappa shape index (κ1) is 12.0. The summed E-state index contributed by atoms with van der Waals surface area (Å²) >= 11 is 5.63. The van der Waals surface area contributed by atoms with E-state index in [1.807, 2.05) is 0 Å². The molecule has 1 fully saturated rings. The smallest absolute Gasteiger partial charge is 0.0774 e. The third-order valence-corrected chi connectivity index (χ3v) is 2.97. The fraction of sp³-hybridized carbons (Fsp3) is 0.818. The van der Waals surface area contributed by atoms with Crippen molar-refractivity contribution < 1.29 is 5.11 Å². The van der Waals surface area contributed by atoms with Crippen LogP contribution in [0.15, 0.2) is 11.6 Å². The maximum absolute atomic E-state index is 10.2. The first-order chi connectivity index (χ1) is 6.52. The molecule has 2 N–H and O–H groups in total. The van der Waals surface area contributed by atoms with Gasteiger partial charge in [-0.3, -0.25) is 0 Å². The normalized spacial score (nSPS) is 32.9. The second-order valence-corrected chi connectivity index (χ2v) is 5.08. The Bertz CT molecular complexity index is 207. The highest BCUT2D eigenvalue weighted by Crippen LogP contribution is 2.31. The van der Waals surface area contributed by atoms with Crippen LogP contribution >= 0.6 is 11.6 Å². The van der Waals surface area contributed by atoms with Gasteiger partial charge in [0.15, 0.2) is 0 Å². The topological polar surface area (TPSA) is 32.3 Å². The average molecular weight is 218 g/mol. The van der Waals surface area contributed by atoms with Crippen LogP contribution in [0, 0.1) is 5.92 Å². The number of nitrogens with one attached hydrogen (secondary N) is 1. The Hall–Kier alpha value is -0.0500. The number of hydrogen-bond donors (Lipinski definition) is 2. The average Bonchev–Trinajstić information content (AvgIpc) is 2.01. The van der Waals surface area contributed by atoms with Gasteiger partial charge in [0.2, 0.25) is 0 Å². The molecule has 0 aliphatic heterocycles. The van der Waals surface area contributed by atoms with Crippen LogP contribution in [0.1, 0.15) is 32.6 Å². The summed E-state index contributed by atoms with van der Waals surface area (Å²) in [6, 6.07) is 0. The molecule has 0 radical (unpaired) electrons. The van der Waals surface area contributed by atoms with E-state index in [0.29, 0.717) is 24.0 Å². The predicted molar refractivity (Wildman–Crippen MR) is 60.4 cm³/mol. The highest BCUT2D eigenvalue weighted by atomic mass is 35.5. The fourth-order valence-electron chi connectivity index (χ4n) is 2.22. The predicted octanol–water partition coefficient (Wildman–Crippen LogP) is 2.27. The van der Waals surface area contributed by atoms with Gasteiger partial charge in [0.1, 0.15) is 0 Å². The van der Waals surface area contributed by atoms with Gasteiger partial charge in [0, 0.05) is 18.1 Å². The summed E-state index contributed by atoms with van der Waals surface area (Å²) < 4.78 is 0. The van der Waals surface area contributed by atoms with Crippen LogP contribution in [0.4, 0.5) is 0 Å². The lowest BCUT2D eigenvalue weighted by molar-refractivity contribution is -0.0109. The summed E-state index contributed by atoms with van der Waals surface area (Å²) in [6.07, 6.45) is 4.17. The van der Waals surface area contributed by atoms with E-state index in [0.717, 1.165) is 19.3 Å². The molecule has 3 heteroatoms. The lowest BCUT2D eigenvalue weighted by Crippen LogP contribution is -2.44. The molecule has 0 heterocycles. The van der Waals surface area contributed by atoms with Crippen molar-refractivity contribution in [3.63, 3.8) is 0 Å². The molecule has 0 bridgehead atoms.